The van der Waals surface area contributed by atoms with Crippen LogP contribution in [0.2, 0.25) is 0 Å². The van der Waals surface area contributed by atoms with Gasteiger partial charge in [0.05, 0.1) is 16.9 Å². The lowest BCUT2D eigenvalue weighted by Crippen LogP contribution is -1.93. The minimum absolute atomic E-state index is 0.871. The highest BCUT2D eigenvalue weighted by molar-refractivity contribution is 6.28. The van der Waals surface area contributed by atoms with E-state index in [2.05, 4.69) is 170 Å². The molecule has 0 fully saturated rings. The van der Waals surface area contributed by atoms with Crippen molar-refractivity contribution in [1.29, 1.82) is 0 Å². The Labute approximate surface area is 301 Å². The van der Waals surface area contributed by atoms with Gasteiger partial charge in [0, 0.05) is 22.5 Å². The largest absolute Gasteiger partial charge is 0.254 e. The molecule has 1 aliphatic rings. The zero-order valence-corrected chi connectivity index (χ0v) is 28.2. The number of hydrogen-bond acceptors (Lipinski definition) is 2. The van der Waals surface area contributed by atoms with E-state index in [0.717, 1.165) is 33.2 Å². The number of rotatable bonds is 4. The lowest BCUT2D eigenvalue weighted by Gasteiger charge is -2.20. The van der Waals surface area contributed by atoms with Crippen LogP contribution >= 0.6 is 0 Å². The van der Waals surface area contributed by atoms with Gasteiger partial charge in [-0.15, -0.1) is 0 Å². The van der Waals surface area contributed by atoms with Gasteiger partial charge in [0.15, 0.2) is 0 Å². The summed E-state index contributed by atoms with van der Waals surface area (Å²) in [6, 6.07) is 63.4. The molecule has 0 N–H and O–H groups in total. The van der Waals surface area contributed by atoms with Gasteiger partial charge in [0.25, 0.3) is 0 Å². The lowest BCUT2D eigenvalue weighted by atomic mass is 9.82. The van der Waals surface area contributed by atoms with Crippen LogP contribution in [0.25, 0.3) is 110 Å². The van der Waals surface area contributed by atoms with Crippen molar-refractivity contribution in [3.8, 4) is 67.0 Å². The van der Waals surface area contributed by atoms with Crippen LogP contribution in [0.15, 0.2) is 182 Å². The number of nitrogens with zero attached hydrogens (tertiary/aromatic N) is 2. The van der Waals surface area contributed by atoms with Crippen molar-refractivity contribution < 1.29 is 0 Å². The molecule has 2 aromatic heterocycles. The predicted octanol–water partition coefficient (Wildman–Crippen LogP) is 13.4. The number of pyridine rings is 2. The van der Waals surface area contributed by atoms with Crippen molar-refractivity contribution in [2.45, 2.75) is 0 Å². The second-order valence-corrected chi connectivity index (χ2v) is 13.6. The minimum Gasteiger partial charge on any atom is -0.254 e. The molecule has 0 bridgehead atoms. The van der Waals surface area contributed by atoms with Gasteiger partial charge < -0.3 is 0 Å². The molecule has 0 radical (unpaired) electrons. The number of fused-ring (bicyclic) bond motifs is 7. The molecule has 2 heterocycles. The second kappa shape index (κ2) is 11.3. The van der Waals surface area contributed by atoms with Gasteiger partial charge in [-0.25, -0.2) is 4.98 Å². The highest BCUT2D eigenvalue weighted by Gasteiger charge is 2.31. The van der Waals surface area contributed by atoms with E-state index >= 15 is 0 Å². The van der Waals surface area contributed by atoms with Gasteiger partial charge in [-0.3, -0.25) is 4.98 Å². The van der Waals surface area contributed by atoms with Crippen LogP contribution in [-0.2, 0) is 0 Å². The van der Waals surface area contributed by atoms with Crippen LogP contribution in [-0.4, -0.2) is 9.97 Å². The Balaban J connectivity index is 1.14. The predicted molar refractivity (Wildman–Crippen MR) is 218 cm³/mol. The first-order valence-electron chi connectivity index (χ1n) is 17.8. The van der Waals surface area contributed by atoms with Crippen molar-refractivity contribution in [1.82, 2.24) is 9.97 Å². The maximum atomic E-state index is 5.11. The average Bonchev–Trinajstić information content (AvgIpc) is 3.55. The Morgan fingerprint density at radius 1 is 0.308 bits per heavy atom. The first kappa shape index (κ1) is 28.9. The molecule has 1 aliphatic carbocycles. The zero-order chi connectivity index (χ0) is 34.2. The van der Waals surface area contributed by atoms with Crippen molar-refractivity contribution in [3.63, 3.8) is 0 Å². The van der Waals surface area contributed by atoms with Crippen molar-refractivity contribution in [3.05, 3.63) is 182 Å². The van der Waals surface area contributed by atoms with Crippen molar-refractivity contribution >= 4 is 43.2 Å². The molecule has 0 atom stereocenters. The second-order valence-electron chi connectivity index (χ2n) is 13.6. The highest BCUT2D eigenvalue weighted by Crippen LogP contribution is 2.58. The molecule has 8 aromatic carbocycles. The summed E-state index contributed by atoms with van der Waals surface area (Å²) in [5, 5.41) is 8.53. The summed E-state index contributed by atoms with van der Waals surface area (Å²) in [6.45, 7) is 0. The average molecular weight is 659 g/mol. The van der Waals surface area contributed by atoms with Crippen LogP contribution in [0.5, 0.6) is 0 Å². The third-order valence-electron chi connectivity index (χ3n) is 10.8. The van der Waals surface area contributed by atoms with Crippen molar-refractivity contribution in [2.75, 3.05) is 0 Å². The van der Waals surface area contributed by atoms with E-state index in [9.17, 15) is 0 Å². The number of hydrogen-bond donors (Lipinski definition) is 0. The Kier molecular flexibility index (Phi) is 6.28. The first-order valence-corrected chi connectivity index (χ1v) is 17.8. The molecule has 0 aliphatic heterocycles. The molecule has 10 aromatic rings. The Morgan fingerprint density at radius 2 is 0.846 bits per heavy atom. The van der Waals surface area contributed by atoms with E-state index in [0.29, 0.717) is 0 Å². The standard InChI is InChI=1S/C50H30N2/c1-3-14-31(15-4-1)45-38-20-8-9-21-39(38)46(32-16-5-2-6-17-32)49-42-28-27-34(37-23-13-24-41(47(37)42)48(45)49)33-26-29-44(51-30-33)50-40-22-10-7-18-35(40)36-19-11-12-25-43(36)52-50/h1-30H. The SMILES string of the molecule is c1ccc(-c2c3c(c(-c4ccccc4)c4ccccc24)-c2ccc(-c4ccc(-c5nc6ccccc6c6ccccc56)nc4)c4cccc-3c24)cc1. The molecule has 52 heavy (non-hydrogen) atoms. The summed E-state index contributed by atoms with van der Waals surface area (Å²) in [7, 11) is 0. The number of aromatic nitrogens is 2. The summed E-state index contributed by atoms with van der Waals surface area (Å²) in [4.78, 5) is 10.2. The first-order chi connectivity index (χ1) is 25.8. The molecule has 0 saturated heterocycles. The van der Waals surface area contributed by atoms with E-state index < -0.39 is 0 Å². The van der Waals surface area contributed by atoms with Gasteiger partial charge >= 0.3 is 0 Å². The maximum absolute atomic E-state index is 5.11. The molecular weight excluding hydrogens is 629 g/mol. The van der Waals surface area contributed by atoms with Crippen LogP contribution in [0.1, 0.15) is 0 Å². The van der Waals surface area contributed by atoms with E-state index in [1.165, 1.54) is 77.0 Å². The van der Waals surface area contributed by atoms with Crippen LogP contribution < -0.4 is 0 Å². The highest BCUT2D eigenvalue weighted by atomic mass is 14.8. The molecule has 0 saturated carbocycles. The number of benzene rings is 8. The van der Waals surface area contributed by atoms with Gasteiger partial charge in [-0.2, -0.15) is 0 Å². The smallest absolute Gasteiger partial charge is 0.0972 e. The van der Waals surface area contributed by atoms with Gasteiger partial charge in [-0.05, 0) is 89.1 Å². The minimum atomic E-state index is 0.871. The summed E-state index contributed by atoms with van der Waals surface area (Å²) >= 11 is 0. The van der Waals surface area contributed by atoms with E-state index in [-0.39, 0.29) is 0 Å². The Bertz CT molecular complexity index is 2940. The summed E-state index contributed by atoms with van der Waals surface area (Å²) in [5.41, 5.74) is 15.2. The molecule has 2 nitrogen and oxygen atoms in total. The fourth-order valence-corrected chi connectivity index (χ4v) is 8.65. The van der Waals surface area contributed by atoms with Crippen LogP contribution in [0.3, 0.4) is 0 Å². The topological polar surface area (TPSA) is 25.8 Å². The quantitative estimate of drug-likeness (QED) is 0.176. The Morgan fingerprint density at radius 3 is 1.50 bits per heavy atom. The molecular formula is C50H30N2. The third-order valence-corrected chi connectivity index (χ3v) is 10.8. The molecule has 0 amide bonds. The fourth-order valence-electron chi connectivity index (χ4n) is 8.65. The molecule has 11 rings (SSSR count). The van der Waals surface area contributed by atoms with E-state index in [4.69, 9.17) is 9.97 Å². The lowest BCUT2D eigenvalue weighted by molar-refractivity contribution is 1.29. The normalized spacial score (nSPS) is 11.8. The zero-order valence-electron chi connectivity index (χ0n) is 28.2. The van der Waals surface area contributed by atoms with Gasteiger partial charge in [-0.1, -0.05) is 164 Å². The van der Waals surface area contributed by atoms with Gasteiger partial charge in [0.2, 0.25) is 0 Å². The maximum Gasteiger partial charge on any atom is 0.0972 e. The molecule has 240 valence electrons. The summed E-state index contributed by atoms with van der Waals surface area (Å²) in [6.07, 6.45) is 2.02. The van der Waals surface area contributed by atoms with E-state index in [1.807, 2.05) is 12.3 Å². The summed E-state index contributed by atoms with van der Waals surface area (Å²) in [5.74, 6) is 0. The van der Waals surface area contributed by atoms with Crippen molar-refractivity contribution in [2.24, 2.45) is 0 Å². The fraction of sp³-hybridized carbons (Fsp3) is 0. The van der Waals surface area contributed by atoms with Gasteiger partial charge in [0.1, 0.15) is 0 Å². The van der Waals surface area contributed by atoms with Crippen LogP contribution in [0.4, 0.5) is 0 Å². The molecule has 2 heteroatoms. The molecule has 0 spiro atoms. The molecule has 0 unspecified atom stereocenters. The number of para-hydroxylation sites is 1. The van der Waals surface area contributed by atoms with E-state index in [1.54, 1.807) is 0 Å². The monoisotopic (exact) mass is 658 g/mol. The third kappa shape index (κ3) is 4.19. The summed E-state index contributed by atoms with van der Waals surface area (Å²) < 4.78 is 0. The van der Waals surface area contributed by atoms with Crippen LogP contribution in [0, 0.1) is 0 Å². The Hall–Kier alpha value is -6.90.